The van der Waals surface area contributed by atoms with E-state index in [1.807, 2.05) is 0 Å². The summed E-state index contributed by atoms with van der Waals surface area (Å²) in [6.07, 6.45) is 0.0652. The number of hydrogen-bond donors (Lipinski definition) is 7. The number of nitrogens with two attached hydrogens (primary N) is 1. The number of Topliss-reactive ketones (excluding diaryl/α,β-unsaturated/α-hetero) is 2. The fourth-order valence-electron chi connectivity index (χ4n) is 6.60. The van der Waals surface area contributed by atoms with Crippen molar-refractivity contribution in [3.05, 3.63) is 63.4 Å². The zero-order chi connectivity index (χ0) is 32.4. The highest BCUT2D eigenvalue weighted by atomic mass is 35.5. The molecule has 3 amide bonds. The molecule has 0 aliphatic heterocycles. The van der Waals surface area contributed by atoms with Crippen LogP contribution in [0.3, 0.4) is 0 Å². The van der Waals surface area contributed by atoms with E-state index in [2.05, 4.69) is 10.6 Å². The van der Waals surface area contributed by atoms with Crippen LogP contribution in [-0.2, 0) is 20.8 Å². The number of aliphatic hydroxyl groups excluding tert-OH is 2. The molecule has 1 fully saturated rings. The molecular weight excluding hydrogens is 594 g/mol. The fourth-order valence-corrected chi connectivity index (χ4v) is 6.73. The van der Waals surface area contributed by atoms with Crippen molar-refractivity contribution < 1.29 is 39.6 Å². The second-order valence-corrected chi connectivity index (χ2v) is 12.0. The molecule has 0 aromatic heterocycles. The molecule has 0 unspecified atom stereocenters. The number of rotatable bonds is 5. The predicted octanol–water partition coefficient (Wildman–Crippen LogP) is 2.33. The Labute approximate surface area is 257 Å². The Morgan fingerprint density at radius 2 is 1.68 bits per heavy atom. The summed E-state index contributed by atoms with van der Waals surface area (Å²) < 4.78 is 0. The molecule has 1 saturated carbocycles. The minimum absolute atomic E-state index is 0.0388. The number of halogens is 1. The molecule has 14 heteroatoms. The standard InChI is InChI=1S/C30H32ClN5O8/c1-35(2)18-11-17(34-29(43)33-14-7-5-13(31)6-8-14)23(37)20-15(18)9-12-10-16-22(36(3)4)25(39)21(28(32)42)27(41)30(16,44)26(40)19(12)24(20)38/h5-8,11-12,16,22,37-38,41,44H,9-10H2,1-4H3,(H2,32,42)(H2,33,34,43)/t12-,16-,22-,30-/m0/s1. The Balaban J connectivity index is 1.63. The van der Waals surface area contributed by atoms with Gasteiger partial charge < -0.3 is 41.7 Å². The lowest BCUT2D eigenvalue weighted by Gasteiger charge is -2.50. The van der Waals surface area contributed by atoms with Gasteiger partial charge in [0.25, 0.3) is 5.91 Å². The number of carbonyl (C=O) groups excluding carboxylic acids is 4. The lowest BCUT2D eigenvalue weighted by atomic mass is 9.57. The van der Waals surface area contributed by atoms with Gasteiger partial charge in [0, 0.05) is 42.0 Å². The normalized spacial score (nSPS) is 24.5. The first kappa shape index (κ1) is 30.9. The van der Waals surface area contributed by atoms with E-state index in [-0.39, 0.29) is 29.7 Å². The molecule has 0 heterocycles. The summed E-state index contributed by atoms with van der Waals surface area (Å²) in [7, 11) is 6.52. The Hall–Kier alpha value is -4.59. The van der Waals surface area contributed by atoms with Crippen LogP contribution in [0, 0.1) is 11.8 Å². The zero-order valence-electron chi connectivity index (χ0n) is 24.3. The number of primary amides is 1. The molecule has 8 N–H and O–H groups in total. The molecule has 3 aliphatic rings. The molecule has 0 saturated heterocycles. The van der Waals surface area contributed by atoms with Gasteiger partial charge in [-0.3, -0.25) is 19.3 Å². The second kappa shape index (κ2) is 10.8. The molecule has 232 valence electrons. The largest absolute Gasteiger partial charge is 0.508 e. The van der Waals surface area contributed by atoms with Gasteiger partial charge in [-0.05, 0) is 68.8 Å². The van der Waals surface area contributed by atoms with E-state index in [0.717, 1.165) is 0 Å². The third-order valence-electron chi connectivity index (χ3n) is 8.53. The van der Waals surface area contributed by atoms with Crippen molar-refractivity contribution in [2.75, 3.05) is 43.7 Å². The number of ketones is 2. The van der Waals surface area contributed by atoms with Gasteiger partial charge in [0.15, 0.2) is 17.1 Å². The molecule has 2 aromatic rings. The van der Waals surface area contributed by atoms with Crippen LogP contribution in [0.15, 0.2) is 47.2 Å². The van der Waals surface area contributed by atoms with Gasteiger partial charge >= 0.3 is 6.03 Å². The molecule has 2 aromatic carbocycles. The SMILES string of the molecule is CN(C)c1cc(NC(=O)Nc2ccc(Cl)cc2)c(O)c2c1C[C@H]1C[C@H]3[C@H](N(C)C)C(=O)C(C(N)=O)=C(O)[C@@]3(O)C(=O)C1=C2O. The summed E-state index contributed by atoms with van der Waals surface area (Å²) >= 11 is 5.90. The van der Waals surface area contributed by atoms with Gasteiger partial charge in [0.2, 0.25) is 5.78 Å². The molecular formula is C30H32ClN5O8. The zero-order valence-corrected chi connectivity index (χ0v) is 25.1. The third kappa shape index (κ3) is 4.64. The molecule has 44 heavy (non-hydrogen) atoms. The van der Waals surface area contributed by atoms with E-state index in [9.17, 15) is 39.6 Å². The molecule has 3 aliphatic carbocycles. The van der Waals surface area contributed by atoms with E-state index in [0.29, 0.717) is 22.0 Å². The number of fused-ring (bicyclic) bond motifs is 3. The number of anilines is 3. The first-order valence-electron chi connectivity index (χ1n) is 13.6. The van der Waals surface area contributed by atoms with Gasteiger partial charge in [0.05, 0.1) is 17.3 Å². The average Bonchev–Trinajstić information content (AvgIpc) is 2.93. The average molecular weight is 626 g/mol. The number of aliphatic hydroxyl groups is 3. The smallest absolute Gasteiger partial charge is 0.323 e. The number of nitrogens with one attached hydrogen (secondary N) is 2. The van der Waals surface area contributed by atoms with Crippen LogP contribution in [0.5, 0.6) is 5.75 Å². The van der Waals surface area contributed by atoms with Gasteiger partial charge in [-0.2, -0.15) is 0 Å². The predicted molar refractivity (Wildman–Crippen MR) is 163 cm³/mol. The number of amides is 3. The molecule has 0 bridgehead atoms. The fraction of sp³-hybridized carbons (Fsp3) is 0.333. The summed E-state index contributed by atoms with van der Waals surface area (Å²) in [4.78, 5) is 55.5. The first-order chi connectivity index (χ1) is 20.6. The molecule has 13 nitrogen and oxygen atoms in total. The van der Waals surface area contributed by atoms with Crippen LogP contribution >= 0.6 is 11.6 Å². The number of phenolic OH excluding ortho intramolecular Hbond substituents is 1. The van der Waals surface area contributed by atoms with Gasteiger partial charge in [0.1, 0.15) is 17.1 Å². The third-order valence-corrected chi connectivity index (χ3v) is 8.78. The molecule has 4 atom stereocenters. The van der Waals surface area contributed by atoms with E-state index in [1.165, 1.54) is 25.1 Å². The highest BCUT2D eigenvalue weighted by Gasteiger charge is 2.64. The van der Waals surface area contributed by atoms with Gasteiger partial charge in [-0.25, -0.2) is 4.79 Å². The number of likely N-dealkylation sites (N-methyl/N-ethyl adjacent to an activating group) is 1. The molecule has 0 spiro atoms. The van der Waals surface area contributed by atoms with Crippen molar-refractivity contribution >= 4 is 57.9 Å². The van der Waals surface area contributed by atoms with Crippen LogP contribution < -0.4 is 21.3 Å². The van der Waals surface area contributed by atoms with Gasteiger partial charge in [-0.15, -0.1) is 0 Å². The maximum absolute atomic E-state index is 14.1. The number of carbonyl (C=O) groups is 4. The highest BCUT2D eigenvalue weighted by molar-refractivity contribution is 6.30. The van der Waals surface area contributed by atoms with Crippen LogP contribution in [-0.4, -0.2) is 88.7 Å². The number of benzene rings is 2. The van der Waals surface area contributed by atoms with Crippen molar-refractivity contribution in [2.24, 2.45) is 17.6 Å². The monoisotopic (exact) mass is 625 g/mol. The summed E-state index contributed by atoms with van der Waals surface area (Å²) in [5, 5.41) is 51.4. The molecule has 5 rings (SSSR count). The molecule has 0 radical (unpaired) electrons. The Bertz CT molecular complexity index is 1680. The number of nitrogens with zero attached hydrogens (tertiary/aromatic N) is 2. The number of urea groups is 1. The summed E-state index contributed by atoms with van der Waals surface area (Å²) in [5.74, 6) is -7.54. The lowest BCUT2D eigenvalue weighted by molar-refractivity contribution is -0.153. The van der Waals surface area contributed by atoms with Crippen LogP contribution in [0.25, 0.3) is 5.76 Å². The van der Waals surface area contributed by atoms with Crippen molar-refractivity contribution in [1.29, 1.82) is 0 Å². The maximum atomic E-state index is 14.1. The summed E-state index contributed by atoms with van der Waals surface area (Å²) in [6.45, 7) is 0. The first-order valence-corrected chi connectivity index (χ1v) is 14.0. The van der Waals surface area contributed by atoms with Crippen LogP contribution in [0.1, 0.15) is 17.5 Å². The van der Waals surface area contributed by atoms with Crippen molar-refractivity contribution in [3.8, 4) is 5.75 Å². The van der Waals surface area contributed by atoms with E-state index >= 15 is 0 Å². The minimum atomic E-state index is -2.75. The van der Waals surface area contributed by atoms with Crippen molar-refractivity contribution in [2.45, 2.75) is 24.5 Å². The topological polar surface area (TPSA) is 206 Å². The Kier molecular flexibility index (Phi) is 7.60. The highest BCUT2D eigenvalue weighted by Crippen LogP contribution is 2.54. The number of phenols is 1. The van der Waals surface area contributed by atoms with E-state index in [4.69, 9.17) is 17.3 Å². The van der Waals surface area contributed by atoms with E-state index < -0.39 is 69.8 Å². The van der Waals surface area contributed by atoms with Crippen molar-refractivity contribution in [3.63, 3.8) is 0 Å². The van der Waals surface area contributed by atoms with Gasteiger partial charge in [-0.1, -0.05) is 11.6 Å². The van der Waals surface area contributed by atoms with E-state index in [1.54, 1.807) is 43.3 Å². The number of aromatic hydroxyl groups is 1. The van der Waals surface area contributed by atoms with Crippen molar-refractivity contribution in [1.82, 2.24) is 4.90 Å². The quantitative estimate of drug-likeness (QED) is 0.191. The Morgan fingerprint density at radius 1 is 1.05 bits per heavy atom. The van der Waals surface area contributed by atoms with Crippen LogP contribution in [0.4, 0.5) is 21.9 Å². The maximum Gasteiger partial charge on any atom is 0.323 e. The summed E-state index contributed by atoms with van der Waals surface area (Å²) in [6, 6.07) is 5.96. The summed E-state index contributed by atoms with van der Waals surface area (Å²) in [5.41, 5.74) is 2.61. The lowest BCUT2D eigenvalue weighted by Crippen LogP contribution is -2.65. The Morgan fingerprint density at radius 3 is 2.25 bits per heavy atom. The number of hydrogen-bond acceptors (Lipinski definition) is 10. The van der Waals surface area contributed by atoms with Crippen LogP contribution in [0.2, 0.25) is 5.02 Å². The minimum Gasteiger partial charge on any atom is -0.508 e. The second-order valence-electron chi connectivity index (χ2n) is 11.6.